The van der Waals surface area contributed by atoms with Crippen molar-refractivity contribution in [2.24, 2.45) is 5.41 Å². The van der Waals surface area contributed by atoms with Crippen molar-refractivity contribution in [1.29, 1.82) is 0 Å². The molecule has 0 N–H and O–H groups in total. The van der Waals surface area contributed by atoms with E-state index in [-0.39, 0.29) is 41.1 Å². The Morgan fingerprint density at radius 1 is 0.640 bits per heavy atom. The molecule has 0 aromatic heterocycles. The zero-order valence-electron chi connectivity index (χ0n) is 30.9. The molecule has 0 amide bonds. The number of hydrogen-bond donors (Lipinski definition) is 0. The first-order valence-electron chi connectivity index (χ1n) is 17.8. The molecule has 0 nitrogen and oxygen atoms in total. The van der Waals surface area contributed by atoms with Gasteiger partial charge >= 0.3 is 298 Å². The standard InChI is InChI=1S/C25H25.C13H10.C9H13.2ClH.Zr/c1-14-12-24(3,4)22-8-16-7-17-9-23-19(15(2)13-25(23,5)6)11-21(17)20(16)10-18(14)22;1-3-7-12(8-4-1)11-13-9-5-2-6-10-13;1-9(2,3)8-6-4-5-7-8;;;/h7-13H,1-6H3;1-10H;6-7H,4H2,1-3H3;2*1H;/q;;;;;+2/p-2. The predicted octanol–water partition coefficient (Wildman–Crippen LogP) is 6.30. The molecule has 0 atom stereocenters. The molecular formula is C47H48Cl2Zr. The molecule has 0 unspecified atom stereocenters. The van der Waals surface area contributed by atoms with Gasteiger partial charge in [0.1, 0.15) is 0 Å². The van der Waals surface area contributed by atoms with Crippen LogP contribution < -0.4 is 24.8 Å². The second-order valence-electron chi connectivity index (χ2n) is 16.8. The van der Waals surface area contributed by atoms with E-state index < -0.39 is 21.3 Å². The van der Waals surface area contributed by atoms with Crippen LogP contribution in [-0.2, 0) is 32.1 Å². The normalized spacial score (nSPS) is 17.4. The SMILES string of the molecule is CC1=CC(C)(C)c2cc3c(cc21)-c1cc2c(cc1[CH]3[Zr+2]([C]1=CC(C(C)(C)C)=CC1)=[C](c1ccccc1)c1ccccc1)C(C)(C)C=C2C.[Cl-].[Cl-]. The van der Waals surface area contributed by atoms with Crippen molar-refractivity contribution in [3.05, 3.63) is 163 Å². The number of halogens is 2. The van der Waals surface area contributed by atoms with Crippen molar-refractivity contribution in [2.45, 2.75) is 83.2 Å². The van der Waals surface area contributed by atoms with Crippen LogP contribution in [0.5, 0.6) is 0 Å². The molecule has 4 aliphatic carbocycles. The summed E-state index contributed by atoms with van der Waals surface area (Å²) in [5.41, 5.74) is 19.3. The van der Waals surface area contributed by atoms with Gasteiger partial charge < -0.3 is 24.8 Å². The number of hydrogen-bond acceptors (Lipinski definition) is 0. The van der Waals surface area contributed by atoms with E-state index in [0.29, 0.717) is 3.63 Å². The first-order valence-corrected chi connectivity index (χ1v) is 21.7. The Morgan fingerprint density at radius 2 is 1.08 bits per heavy atom. The van der Waals surface area contributed by atoms with Crippen LogP contribution in [0.4, 0.5) is 0 Å². The summed E-state index contributed by atoms with van der Waals surface area (Å²) >= 11 is -2.86. The Balaban J connectivity index is 0.00000216. The number of fused-ring (bicyclic) bond motifs is 5. The minimum absolute atomic E-state index is 0. The van der Waals surface area contributed by atoms with Gasteiger partial charge in [0.25, 0.3) is 0 Å². The smallest absolute Gasteiger partial charge is 1.00 e. The molecule has 0 radical (unpaired) electrons. The maximum Gasteiger partial charge on any atom is -1.00 e. The summed E-state index contributed by atoms with van der Waals surface area (Å²) in [7, 11) is 0. The van der Waals surface area contributed by atoms with Crippen molar-refractivity contribution >= 4 is 14.4 Å². The van der Waals surface area contributed by atoms with Crippen LogP contribution in [0.2, 0.25) is 0 Å². The van der Waals surface area contributed by atoms with Crippen LogP contribution in [0, 0.1) is 5.41 Å². The van der Waals surface area contributed by atoms with Gasteiger partial charge in [0, 0.05) is 0 Å². The molecule has 50 heavy (non-hydrogen) atoms. The fourth-order valence-corrected chi connectivity index (χ4v) is 18.2. The van der Waals surface area contributed by atoms with Crippen LogP contribution in [0.1, 0.15) is 117 Å². The molecule has 0 aliphatic heterocycles. The molecule has 0 heterocycles. The molecule has 8 rings (SSSR count). The number of allylic oxidation sites excluding steroid dienone is 8. The Hall–Kier alpha value is -2.83. The molecule has 3 heteroatoms. The minimum Gasteiger partial charge on any atom is -1.00 e. The summed E-state index contributed by atoms with van der Waals surface area (Å²) in [5, 5.41) is 0. The van der Waals surface area contributed by atoms with Gasteiger partial charge in [0.05, 0.1) is 0 Å². The summed E-state index contributed by atoms with van der Waals surface area (Å²) < 4.78 is 3.73. The predicted molar refractivity (Wildman–Crippen MR) is 203 cm³/mol. The van der Waals surface area contributed by atoms with Crippen molar-refractivity contribution in [2.75, 3.05) is 0 Å². The van der Waals surface area contributed by atoms with Gasteiger partial charge in [-0.25, -0.2) is 0 Å². The maximum absolute atomic E-state index is 2.86. The van der Waals surface area contributed by atoms with Crippen LogP contribution in [0.3, 0.4) is 0 Å². The van der Waals surface area contributed by atoms with Crippen molar-refractivity contribution in [3.63, 3.8) is 0 Å². The van der Waals surface area contributed by atoms with Gasteiger partial charge in [-0.3, -0.25) is 0 Å². The van der Waals surface area contributed by atoms with Crippen molar-refractivity contribution in [3.8, 4) is 11.1 Å². The Kier molecular flexibility index (Phi) is 9.60. The fourth-order valence-electron chi connectivity index (χ4n) is 9.18. The molecule has 0 fully saturated rings. The first-order chi connectivity index (χ1) is 22.7. The largest absolute Gasteiger partial charge is 1.00 e. The Morgan fingerprint density at radius 3 is 1.48 bits per heavy atom. The fraction of sp³-hybridized carbons (Fsp3) is 0.298. The monoisotopic (exact) mass is 772 g/mol. The average molecular weight is 775 g/mol. The topological polar surface area (TPSA) is 0 Å². The van der Waals surface area contributed by atoms with E-state index in [1.165, 1.54) is 61.2 Å². The van der Waals surface area contributed by atoms with E-state index in [4.69, 9.17) is 0 Å². The van der Waals surface area contributed by atoms with Gasteiger partial charge in [0.15, 0.2) is 0 Å². The molecule has 0 saturated heterocycles. The van der Waals surface area contributed by atoms with Gasteiger partial charge in [-0.2, -0.15) is 0 Å². The molecular weight excluding hydrogens is 727 g/mol. The summed E-state index contributed by atoms with van der Waals surface area (Å²) in [4.78, 5) is 0. The van der Waals surface area contributed by atoms with E-state index in [2.05, 4.69) is 172 Å². The summed E-state index contributed by atoms with van der Waals surface area (Å²) in [5.74, 6) is 0. The molecule has 0 spiro atoms. The van der Waals surface area contributed by atoms with Gasteiger partial charge in [-0.05, 0) is 0 Å². The molecule has 4 aliphatic rings. The Bertz CT molecular complexity index is 2050. The second kappa shape index (κ2) is 13.0. The zero-order valence-corrected chi connectivity index (χ0v) is 34.9. The van der Waals surface area contributed by atoms with E-state index in [0.717, 1.165) is 6.42 Å². The van der Waals surface area contributed by atoms with Gasteiger partial charge in [-0.1, -0.05) is 0 Å². The minimum atomic E-state index is -2.86. The number of rotatable bonds is 4. The van der Waals surface area contributed by atoms with Crippen molar-refractivity contribution < 1.29 is 46.1 Å². The third kappa shape index (κ3) is 5.91. The zero-order chi connectivity index (χ0) is 33.7. The summed E-state index contributed by atoms with van der Waals surface area (Å²) in [6.45, 7) is 21.4. The van der Waals surface area contributed by atoms with Crippen molar-refractivity contribution in [1.82, 2.24) is 0 Å². The van der Waals surface area contributed by atoms with Crippen LogP contribution >= 0.6 is 0 Å². The van der Waals surface area contributed by atoms with E-state index in [1.807, 2.05) is 0 Å². The summed E-state index contributed by atoms with van der Waals surface area (Å²) in [6, 6.07) is 33.3. The summed E-state index contributed by atoms with van der Waals surface area (Å²) in [6.07, 6.45) is 11.3. The van der Waals surface area contributed by atoms with Gasteiger partial charge in [-0.15, -0.1) is 0 Å². The maximum atomic E-state index is 2.67. The average Bonchev–Trinajstić information content (AvgIpc) is 3.76. The first kappa shape index (κ1) is 36.9. The van der Waals surface area contributed by atoms with Crippen LogP contribution in [0.25, 0.3) is 22.3 Å². The molecule has 4 aromatic carbocycles. The van der Waals surface area contributed by atoms with Crippen LogP contribution in [-0.4, -0.2) is 3.21 Å². The van der Waals surface area contributed by atoms with Crippen LogP contribution in [0.15, 0.2) is 118 Å². The quantitative estimate of drug-likeness (QED) is 0.229. The molecule has 0 saturated carbocycles. The Labute approximate surface area is 320 Å². The number of benzene rings is 4. The molecule has 254 valence electrons. The molecule has 0 bridgehead atoms. The van der Waals surface area contributed by atoms with E-state index >= 15 is 0 Å². The third-order valence-electron chi connectivity index (χ3n) is 11.5. The second-order valence-corrected chi connectivity index (χ2v) is 23.1. The van der Waals surface area contributed by atoms with E-state index in [1.54, 1.807) is 17.6 Å². The third-order valence-corrected chi connectivity index (χ3v) is 19.7. The van der Waals surface area contributed by atoms with Gasteiger partial charge in [0.2, 0.25) is 0 Å². The van der Waals surface area contributed by atoms with E-state index in [9.17, 15) is 0 Å². The molecule has 4 aromatic rings.